The highest BCUT2D eigenvalue weighted by Crippen LogP contribution is 2.18. The van der Waals surface area contributed by atoms with Crippen LogP contribution in [-0.4, -0.2) is 35.1 Å². The summed E-state index contributed by atoms with van der Waals surface area (Å²) in [5, 5.41) is 5.79. The van der Waals surface area contributed by atoms with E-state index in [0.29, 0.717) is 0 Å². The molecule has 0 radical (unpaired) electrons. The van der Waals surface area contributed by atoms with Crippen LogP contribution in [0.25, 0.3) is 0 Å². The molecule has 1 aliphatic heterocycles. The topological polar surface area (TPSA) is 28.2 Å². The minimum Gasteiger partial charge on any atom is -0.312 e. The Bertz CT molecular complexity index is 342. The second-order valence-electron chi connectivity index (χ2n) is 6.35. The fourth-order valence-electron chi connectivity index (χ4n) is 2.46. The van der Waals surface area contributed by atoms with Crippen LogP contribution in [0.2, 0.25) is 0 Å². The maximum absolute atomic E-state index is 4.38. The van der Waals surface area contributed by atoms with E-state index in [4.69, 9.17) is 0 Å². The van der Waals surface area contributed by atoms with Crippen molar-refractivity contribution < 1.29 is 0 Å². The van der Waals surface area contributed by atoms with Crippen LogP contribution in [0.1, 0.15) is 39.3 Å². The van der Waals surface area contributed by atoms with Gasteiger partial charge in [-0.25, -0.2) is 4.98 Å². The van der Waals surface area contributed by atoms with Crippen molar-refractivity contribution in [1.29, 1.82) is 0 Å². The van der Waals surface area contributed by atoms with Gasteiger partial charge in [0, 0.05) is 24.0 Å². The third kappa shape index (κ3) is 4.67. The van der Waals surface area contributed by atoms with Crippen LogP contribution < -0.4 is 5.32 Å². The number of hydrogen-bond acceptors (Lipinski definition) is 4. The van der Waals surface area contributed by atoms with E-state index in [-0.39, 0.29) is 5.54 Å². The lowest BCUT2D eigenvalue weighted by Gasteiger charge is -2.34. The zero-order valence-corrected chi connectivity index (χ0v) is 12.6. The van der Waals surface area contributed by atoms with Gasteiger partial charge in [0.2, 0.25) is 0 Å². The number of hydrogen-bond donors (Lipinski definition) is 1. The third-order valence-corrected chi connectivity index (χ3v) is 4.03. The van der Waals surface area contributed by atoms with Gasteiger partial charge in [-0.1, -0.05) is 0 Å². The van der Waals surface area contributed by atoms with Gasteiger partial charge in [-0.15, -0.1) is 11.3 Å². The third-order valence-electron chi connectivity index (χ3n) is 3.39. The van der Waals surface area contributed by atoms with Crippen molar-refractivity contribution in [2.45, 2.75) is 45.7 Å². The minimum atomic E-state index is 0.233. The van der Waals surface area contributed by atoms with Gasteiger partial charge in [-0.3, -0.25) is 4.90 Å². The van der Waals surface area contributed by atoms with Crippen molar-refractivity contribution in [3.05, 3.63) is 16.6 Å². The number of piperidine rings is 1. The Kier molecular flexibility index (Phi) is 4.76. The molecule has 0 aliphatic carbocycles. The molecule has 102 valence electrons. The molecule has 2 rings (SSSR count). The normalized spacial score (nSPS) is 22.3. The van der Waals surface area contributed by atoms with Gasteiger partial charge in [0.25, 0.3) is 0 Å². The van der Waals surface area contributed by atoms with E-state index < -0.39 is 0 Å². The fraction of sp³-hybridized carbons (Fsp3) is 0.786. The molecule has 2 heterocycles. The Balaban J connectivity index is 1.77. The smallest absolute Gasteiger partial charge is 0.0795 e. The van der Waals surface area contributed by atoms with Crippen LogP contribution >= 0.6 is 11.3 Å². The molecule has 0 amide bonds. The number of nitrogens with one attached hydrogen (secondary N) is 1. The van der Waals surface area contributed by atoms with Crippen molar-refractivity contribution in [2.75, 3.05) is 19.6 Å². The maximum Gasteiger partial charge on any atom is 0.0795 e. The van der Waals surface area contributed by atoms with Crippen LogP contribution in [0.15, 0.2) is 10.9 Å². The fourth-order valence-corrected chi connectivity index (χ4v) is 3.01. The van der Waals surface area contributed by atoms with Crippen molar-refractivity contribution >= 4 is 11.3 Å². The summed E-state index contributed by atoms with van der Waals surface area (Å²) < 4.78 is 0. The van der Waals surface area contributed by atoms with Crippen molar-refractivity contribution in [3.8, 4) is 0 Å². The molecule has 0 saturated carbocycles. The molecule has 1 aromatic heterocycles. The summed E-state index contributed by atoms with van der Waals surface area (Å²) in [5.41, 5.74) is 3.39. The van der Waals surface area contributed by atoms with E-state index >= 15 is 0 Å². The SMILES string of the molecule is CC(C)(C)NCC1CCCN(Cc2cscn2)C1. The number of rotatable bonds is 4. The predicted octanol–water partition coefficient (Wildman–Crippen LogP) is 2.74. The zero-order chi connectivity index (χ0) is 13.0. The second kappa shape index (κ2) is 6.13. The zero-order valence-electron chi connectivity index (χ0n) is 11.8. The highest BCUT2D eigenvalue weighted by atomic mass is 32.1. The Morgan fingerprint density at radius 2 is 2.33 bits per heavy atom. The van der Waals surface area contributed by atoms with Gasteiger partial charge in [0.15, 0.2) is 0 Å². The molecule has 1 unspecified atom stereocenters. The molecule has 4 heteroatoms. The van der Waals surface area contributed by atoms with Gasteiger partial charge in [0.05, 0.1) is 11.2 Å². The molecule has 1 aromatic rings. The molecule has 0 aromatic carbocycles. The molecule has 1 saturated heterocycles. The highest BCUT2D eigenvalue weighted by molar-refractivity contribution is 7.07. The predicted molar refractivity (Wildman–Crippen MR) is 77.9 cm³/mol. The molecule has 1 aliphatic rings. The number of thiazole rings is 1. The van der Waals surface area contributed by atoms with E-state index in [1.54, 1.807) is 11.3 Å². The quantitative estimate of drug-likeness (QED) is 0.909. The van der Waals surface area contributed by atoms with E-state index in [1.165, 1.54) is 31.6 Å². The molecule has 1 fully saturated rings. The summed E-state index contributed by atoms with van der Waals surface area (Å²) in [6, 6.07) is 0. The van der Waals surface area contributed by atoms with Crippen LogP contribution in [0, 0.1) is 5.92 Å². The summed E-state index contributed by atoms with van der Waals surface area (Å²) >= 11 is 1.69. The largest absolute Gasteiger partial charge is 0.312 e. The Morgan fingerprint density at radius 3 is 3.00 bits per heavy atom. The van der Waals surface area contributed by atoms with Crippen molar-refractivity contribution in [3.63, 3.8) is 0 Å². The average Bonchev–Trinajstić information content (AvgIpc) is 2.79. The summed E-state index contributed by atoms with van der Waals surface area (Å²) in [7, 11) is 0. The van der Waals surface area contributed by atoms with E-state index in [1.807, 2.05) is 5.51 Å². The molecular formula is C14H25N3S. The molecule has 1 N–H and O–H groups in total. The monoisotopic (exact) mass is 267 g/mol. The van der Waals surface area contributed by atoms with E-state index in [0.717, 1.165) is 19.0 Å². The second-order valence-corrected chi connectivity index (χ2v) is 7.07. The van der Waals surface area contributed by atoms with Gasteiger partial charge in [-0.05, 0) is 52.6 Å². The van der Waals surface area contributed by atoms with Gasteiger partial charge in [-0.2, -0.15) is 0 Å². The number of aromatic nitrogens is 1. The summed E-state index contributed by atoms with van der Waals surface area (Å²) in [5.74, 6) is 0.789. The standard InChI is InChI=1S/C14H25N3S/c1-14(2,3)16-7-12-5-4-6-17(8-12)9-13-10-18-11-15-13/h10-12,16H,4-9H2,1-3H3. The number of nitrogens with zero attached hydrogens (tertiary/aromatic N) is 2. The van der Waals surface area contributed by atoms with Crippen molar-refractivity contribution in [2.24, 2.45) is 5.92 Å². The van der Waals surface area contributed by atoms with Crippen LogP contribution in [0.3, 0.4) is 0 Å². The summed E-state index contributed by atoms with van der Waals surface area (Å²) in [6.07, 6.45) is 2.68. The average molecular weight is 267 g/mol. The van der Waals surface area contributed by atoms with Crippen LogP contribution in [-0.2, 0) is 6.54 Å². The lowest BCUT2D eigenvalue weighted by atomic mass is 9.96. The van der Waals surface area contributed by atoms with E-state index in [2.05, 4.69) is 41.4 Å². The van der Waals surface area contributed by atoms with E-state index in [9.17, 15) is 0 Å². The van der Waals surface area contributed by atoms with Gasteiger partial charge >= 0.3 is 0 Å². The first-order valence-electron chi connectivity index (χ1n) is 6.87. The Hall–Kier alpha value is -0.450. The maximum atomic E-state index is 4.38. The lowest BCUT2D eigenvalue weighted by molar-refractivity contribution is 0.158. The lowest BCUT2D eigenvalue weighted by Crippen LogP contribution is -2.44. The molecular weight excluding hydrogens is 242 g/mol. The summed E-state index contributed by atoms with van der Waals surface area (Å²) in [6.45, 7) is 11.3. The molecule has 0 bridgehead atoms. The summed E-state index contributed by atoms with van der Waals surface area (Å²) in [4.78, 5) is 6.93. The number of likely N-dealkylation sites (tertiary alicyclic amines) is 1. The minimum absolute atomic E-state index is 0.233. The first-order valence-corrected chi connectivity index (χ1v) is 7.82. The first kappa shape index (κ1) is 14.0. The van der Waals surface area contributed by atoms with Crippen LogP contribution in [0.4, 0.5) is 0 Å². The highest BCUT2D eigenvalue weighted by Gasteiger charge is 2.21. The van der Waals surface area contributed by atoms with Gasteiger partial charge < -0.3 is 5.32 Å². The van der Waals surface area contributed by atoms with Crippen molar-refractivity contribution in [1.82, 2.24) is 15.2 Å². The molecule has 18 heavy (non-hydrogen) atoms. The molecule has 0 spiro atoms. The Morgan fingerprint density at radius 1 is 1.50 bits per heavy atom. The Labute approximate surface area is 115 Å². The first-order chi connectivity index (χ1) is 8.53. The van der Waals surface area contributed by atoms with Crippen LogP contribution in [0.5, 0.6) is 0 Å². The molecule has 1 atom stereocenters. The van der Waals surface area contributed by atoms with Gasteiger partial charge in [0.1, 0.15) is 0 Å². The molecule has 3 nitrogen and oxygen atoms in total.